The normalized spacial score (nSPS) is 10.5. The van der Waals surface area contributed by atoms with Gasteiger partial charge in [0.05, 0.1) is 0 Å². The van der Waals surface area contributed by atoms with Gasteiger partial charge in [0.15, 0.2) is 0 Å². The summed E-state index contributed by atoms with van der Waals surface area (Å²) >= 11 is 1.74. The topological polar surface area (TPSA) is 0 Å². The van der Waals surface area contributed by atoms with Crippen molar-refractivity contribution in [3.8, 4) is 44.5 Å². The summed E-state index contributed by atoms with van der Waals surface area (Å²) in [7, 11) is 0. The maximum Gasteiger partial charge on any atom is -1.00 e. The molecule has 0 amide bonds. The van der Waals surface area contributed by atoms with Crippen molar-refractivity contribution in [3.63, 3.8) is 0 Å². The zero-order chi connectivity index (χ0) is 40.5. The molecule has 0 spiro atoms. The minimum atomic E-state index is 0. The Morgan fingerprint density at radius 1 is 0.400 bits per heavy atom. The van der Waals surface area contributed by atoms with Crippen molar-refractivity contribution in [2.45, 2.75) is 91.1 Å². The van der Waals surface area contributed by atoms with E-state index in [-0.39, 0.29) is 30.2 Å². The van der Waals surface area contributed by atoms with Crippen LogP contribution in [0.15, 0.2) is 170 Å². The molecular formula is C56H60Cl2SiZr-2. The molecule has 0 unspecified atom stereocenters. The molecule has 0 saturated carbocycles. The van der Waals surface area contributed by atoms with Crippen molar-refractivity contribution in [1.29, 1.82) is 0 Å². The standard InChI is InChI=1S/2C27H27.C2H6Si.2ClH.Zr/c2*1-2-3-4-7-12-21-19-26-24(22-13-8-5-9-14-22)17-18-25(27(26)20-21)23-15-10-6-11-16-23;1-3-2;;;/h2*5-6,8-11,13-20H,2-4,7,12H2,1H3;1-2H3;2*1H;/q2*-1;;;;+2/p-2. The Hall–Kier alpha value is -3.78. The molecule has 60 heavy (non-hydrogen) atoms. The summed E-state index contributed by atoms with van der Waals surface area (Å²) < 4.78 is 0. The summed E-state index contributed by atoms with van der Waals surface area (Å²) in [4.78, 5) is 0. The number of benzene rings is 6. The van der Waals surface area contributed by atoms with Gasteiger partial charge in [-0.25, -0.2) is 0 Å². The van der Waals surface area contributed by atoms with E-state index in [1.54, 1.807) is 23.3 Å². The summed E-state index contributed by atoms with van der Waals surface area (Å²) in [6.07, 6.45) is 12.8. The van der Waals surface area contributed by atoms with Gasteiger partial charge in [0.1, 0.15) is 0 Å². The van der Waals surface area contributed by atoms with E-state index in [2.05, 4.69) is 197 Å². The molecular weight excluding hydrogens is 863 g/mol. The van der Waals surface area contributed by atoms with Gasteiger partial charge in [-0.2, -0.15) is 12.1 Å². The molecule has 0 aromatic heterocycles. The van der Waals surface area contributed by atoms with Crippen LogP contribution in [0.5, 0.6) is 0 Å². The first-order valence-corrected chi connectivity index (χ1v) is 27.8. The monoisotopic (exact) mass is 920 g/mol. The predicted octanol–water partition coefficient (Wildman–Crippen LogP) is 10.8. The van der Waals surface area contributed by atoms with E-state index in [0.717, 1.165) is 0 Å². The van der Waals surface area contributed by atoms with Crippen molar-refractivity contribution in [2.24, 2.45) is 0 Å². The molecule has 0 aliphatic heterocycles. The van der Waals surface area contributed by atoms with E-state index < -0.39 is 0 Å². The second-order valence-corrected chi connectivity index (χ2v) is 25.2. The molecule has 0 heterocycles. The van der Waals surface area contributed by atoms with Crippen LogP contribution < -0.4 is 24.8 Å². The number of hydrogen-bond donors (Lipinski definition) is 0. The second kappa shape index (κ2) is 25.9. The molecule has 8 rings (SSSR count). The Labute approximate surface area is 388 Å². The van der Waals surface area contributed by atoms with Gasteiger partial charge in [-0.15, -0.1) is 44.8 Å². The van der Waals surface area contributed by atoms with Crippen LogP contribution in [0.4, 0.5) is 0 Å². The number of rotatable bonds is 14. The van der Waals surface area contributed by atoms with Crippen LogP contribution in [0, 0.1) is 0 Å². The minimum Gasteiger partial charge on any atom is -1.00 e. The maximum atomic E-state index is 2.43. The summed E-state index contributed by atoms with van der Waals surface area (Å²) in [6.45, 7) is 9.16. The first-order valence-electron chi connectivity index (χ1n) is 21.6. The van der Waals surface area contributed by atoms with Crippen LogP contribution in [0.2, 0.25) is 13.1 Å². The third-order valence-corrected chi connectivity index (χ3v) is 10.9. The number of aryl methyl sites for hydroxylation is 2. The van der Waals surface area contributed by atoms with Crippen LogP contribution in [0.3, 0.4) is 0 Å². The van der Waals surface area contributed by atoms with E-state index in [9.17, 15) is 0 Å². The molecule has 8 aromatic carbocycles. The van der Waals surface area contributed by atoms with Gasteiger partial charge in [-0.3, -0.25) is 0 Å². The number of halogens is 2. The minimum absolute atomic E-state index is 0. The van der Waals surface area contributed by atoms with Gasteiger partial charge in [-0.05, 0) is 24.0 Å². The third kappa shape index (κ3) is 13.6. The molecule has 8 aromatic rings. The van der Waals surface area contributed by atoms with Crippen molar-refractivity contribution in [2.75, 3.05) is 0 Å². The SMILES string of the molecule is CCCCCCc1cc2c(-c3ccccc3)ccc(-c3ccccc3)c2[cH-]1.CCCCCCc1cc2c(-c3ccccc3)ccc(-c3ccccc3)c2[cH-]1.C[Si](C)=[Zr+2].[Cl-].[Cl-]. The summed E-state index contributed by atoms with van der Waals surface area (Å²) in [5, 5.41) is 5.53. The largest absolute Gasteiger partial charge is 1.00 e. The molecule has 0 aliphatic rings. The molecule has 0 aliphatic carbocycles. The molecule has 4 heteroatoms. The van der Waals surface area contributed by atoms with Crippen LogP contribution in [0.1, 0.15) is 76.3 Å². The fourth-order valence-corrected chi connectivity index (χ4v) is 8.00. The number of hydrogen-bond acceptors (Lipinski definition) is 0. The fraction of sp³-hybridized carbons (Fsp3) is 0.250. The molecule has 0 fully saturated rings. The van der Waals surface area contributed by atoms with Crippen LogP contribution in [-0.2, 0) is 36.2 Å². The smallest absolute Gasteiger partial charge is 1.00 e. The van der Waals surface area contributed by atoms with Crippen LogP contribution in [0.25, 0.3) is 66.1 Å². The predicted molar refractivity (Wildman–Crippen MR) is 254 cm³/mol. The Balaban J connectivity index is 0.000000236. The van der Waals surface area contributed by atoms with Crippen molar-refractivity contribution in [3.05, 3.63) is 181 Å². The zero-order valence-electron chi connectivity index (χ0n) is 36.0. The van der Waals surface area contributed by atoms with Gasteiger partial charge in [0, 0.05) is 0 Å². The van der Waals surface area contributed by atoms with Crippen molar-refractivity contribution >= 4 is 27.0 Å². The molecule has 0 nitrogen and oxygen atoms in total. The summed E-state index contributed by atoms with van der Waals surface area (Å²) in [6, 6.07) is 61.9. The molecule has 0 bridgehead atoms. The van der Waals surface area contributed by atoms with Gasteiger partial charge in [-0.1, -0.05) is 244 Å². The van der Waals surface area contributed by atoms with Gasteiger partial charge in [0.2, 0.25) is 0 Å². The van der Waals surface area contributed by atoms with Crippen LogP contribution >= 0.6 is 0 Å². The van der Waals surface area contributed by atoms with Gasteiger partial charge >= 0.3 is 41.9 Å². The molecule has 308 valence electrons. The summed E-state index contributed by atoms with van der Waals surface area (Å²) in [5.41, 5.74) is 13.7. The zero-order valence-corrected chi connectivity index (χ0v) is 41.0. The molecule has 0 N–H and O–H groups in total. The van der Waals surface area contributed by atoms with Crippen LogP contribution in [-0.4, -0.2) is 5.43 Å². The Kier molecular flexibility index (Phi) is 21.1. The van der Waals surface area contributed by atoms with E-state index in [1.807, 2.05) is 0 Å². The number of fused-ring (bicyclic) bond motifs is 2. The van der Waals surface area contributed by atoms with Gasteiger partial charge in [0.25, 0.3) is 0 Å². The fourth-order valence-electron chi connectivity index (χ4n) is 8.00. The number of unbranched alkanes of at least 4 members (excludes halogenated alkanes) is 6. The first-order chi connectivity index (χ1) is 28.5. The second-order valence-electron chi connectivity index (χ2n) is 15.8. The Morgan fingerprint density at radius 2 is 0.683 bits per heavy atom. The van der Waals surface area contributed by atoms with E-state index in [0.29, 0.717) is 0 Å². The van der Waals surface area contributed by atoms with Crippen molar-refractivity contribution < 1.29 is 48.1 Å². The average molecular weight is 923 g/mol. The molecule has 0 saturated heterocycles. The van der Waals surface area contributed by atoms with Crippen molar-refractivity contribution in [1.82, 2.24) is 0 Å². The van der Waals surface area contributed by atoms with E-state index in [1.165, 1.54) is 141 Å². The third-order valence-electron chi connectivity index (χ3n) is 10.9. The maximum absolute atomic E-state index is 2.43. The first kappa shape index (κ1) is 48.9. The molecule has 0 radical (unpaired) electrons. The summed E-state index contributed by atoms with van der Waals surface area (Å²) in [5.74, 6) is 0. The Morgan fingerprint density at radius 3 is 0.983 bits per heavy atom. The Bertz CT molecular complexity index is 2120. The van der Waals surface area contributed by atoms with Gasteiger partial charge < -0.3 is 24.8 Å². The van der Waals surface area contributed by atoms with E-state index in [4.69, 9.17) is 0 Å². The van der Waals surface area contributed by atoms with E-state index >= 15 is 0 Å². The quantitative estimate of drug-likeness (QED) is 0.0579. The molecule has 0 atom stereocenters. The average Bonchev–Trinajstić information content (AvgIpc) is 3.90.